The van der Waals surface area contributed by atoms with Crippen molar-refractivity contribution in [2.24, 2.45) is 0 Å². The third kappa shape index (κ3) is 3.09. The van der Waals surface area contributed by atoms with E-state index in [1.54, 1.807) is 0 Å². The fourth-order valence-corrected chi connectivity index (χ4v) is 1.38. The van der Waals surface area contributed by atoms with Crippen LogP contribution in [-0.2, 0) is 12.4 Å². The molecule has 0 saturated heterocycles. The summed E-state index contributed by atoms with van der Waals surface area (Å²) >= 11 is 0. The van der Waals surface area contributed by atoms with E-state index in [4.69, 9.17) is 5.11 Å². The highest BCUT2D eigenvalue weighted by atomic mass is 19.4. The van der Waals surface area contributed by atoms with Gasteiger partial charge >= 0.3 is 18.3 Å². The van der Waals surface area contributed by atoms with Crippen LogP contribution in [0, 0.1) is 0 Å². The van der Waals surface area contributed by atoms with E-state index in [1.807, 2.05) is 0 Å². The summed E-state index contributed by atoms with van der Waals surface area (Å²) in [5, 5.41) is 8.61. The fraction of sp³-hybridized carbons (Fsp3) is 0.300. The number of methoxy groups -OCH3 is 1. The maximum absolute atomic E-state index is 12.5. The highest BCUT2D eigenvalue weighted by Crippen LogP contribution is 2.42. The number of hydrogen-bond acceptors (Lipinski definition) is 2. The van der Waals surface area contributed by atoms with Crippen molar-refractivity contribution in [3.05, 3.63) is 28.8 Å². The van der Waals surface area contributed by atoms with Crippen LogP contribution in [0.2, 0.25) is 0 Å². The summed E-state index contributed by atoms with van der Waals surface area (Å²) in [4.78, 5) is 10.7. The first-order valence-corrected chi connectivity index (χ1v) is 4.58. The van der Waals surface area contributed by atoms with Crippen molar-refractivity contribution in [3.63, 3.8) is 0 Å². The van der Waals surface area contributed by atoms with Gasteiger partial charge in [0.25, 0.3) is 0 Å². The molecule has 0 aliphatic rings. The van der Waals surface area contributed by atoms with Gasteiger partial charge in [0, 0.05) is 0 Å². The zero-order valence-electron chi connectivity index (χ0n) is 9.19. The van der Waals surface area contributed by atoms with Crippen LogP contribution in [0.1, 0.15) is 21.5 Å². The molecule has 1 aromatic carbocycles. The van der Waals surface area contributed by atoms with Crippen molar-refractivity contribution in [1.82, 2.24) is 0 Å². The van der Waals surface area contributed by atoms with E-state index in [9.17, 15) is 31.1 Å². The molecular weight excluding hydrogens is 282 g/mol. The average molecular weight is 288 g/mol. The van der Waals surface area contributed by atoms with E-state index in [1.165, 1.54) is 0 Å². The summed E-state index contributed by atoms with van der Waals surface area (Å²) in [6.07, 6.45) is -10.3. The molecule has 1 N–H and O–H groups in total. The Bertz CT molecular complexity index is 503. The van der Waals surface area contributed by atoms with Crippen LogP contribution in [0.25, 0.3) is 0 Å². The first kappa shape index (κ1) is 15.1. The van der Waals surface area contributed by atoms with Gasteiger partial charge in [0.15, 0.2) is 0 Å². The molecule has 0 saturated carbocycles. The van der Waals surface area contributed by atoms with Gasteiger partial charge in [-0.25, -0.2) is 4.79 Å². The first-order chi connectivity index (χ1) is 8.48. The second-order valence-corrected chi connectivity index (χ2v) is 3.40. The monoisotopic (exact) mass is 288 g/mol. The fourth-order valence-electron chi connectivity index (χ4n) is 1.38. The number of hydrogen-bond donors (Lipinski definition) is 1. The van der Waals surface area contributed by atoms with E-state index in [0.717, 1.165) is 7.11 Å². The quantitative estimate of drug-likeness (QED) is 0.848. The lowest BCUT2D eigenvalue weighted by molar-refractivity contribution is -0.144. The minimum atomic E-state index is -5.22. The van der Waals surface area contributed by atoms with E-state index in [0.29, 0.717) is 0 Å². The summed E-state index contributed by atoms with van der Waals surface area (Å²) in [5.41, 5.74) is -4.88. The van der Waals surface area contributed by atoms with Crippen LogP contribution in [0.5, 0.6) is 5.75 Å². The van der Waals surface area contributed by atoms with E-state index in [2.05, 4.69) is 4.74 Å². The van der Waals surface area contributed by atoms with Gasteiger partial charge in [-0.3, -0.25) is 0 Å². The van der Waals surface area contributed by atoms with Crippen molar-refractivity contribution < 1.29 is 41.0 Å². The predicted molar refractivity (Wildman–Crippen MR) is 50.0 cm³/mol. The first-order valence-electron chi connectivity index (χ1n) is 4.58. The Balaban J connectivity index is 3.67. The number of aromatic carboxylic acids is 1. The lowest BCUT2D eigenvalue weighted by Crippen LogP contribution is -2.17. The molecule has 0 heterocycles. The smallest absolute Gasteiger partial charge is 0.419 e. The number of ether oxygens (including phenoxy) is 1. The summed E-state index contributed by atoms with van der Waals surface area (Å²) in [7, 11) is 0.795. The van der Waals surface area contributed by atoms with Crippen LogP contribution < -0.4 is 4.74 Å². The SMILES string of the molecule is COc1cc(C(=O)O)c(C(F)(F)F)cc1C(F)(F)F. The average Bonchev–Trinajstić information content (AvgIpc) is 2.24. The Kier molecular flexibility index (Phi) is 3.69. The van der Waals surface area contributed by atoms with Gasteiger partial charge in [-0.15, -0.1) is 0 Å². The van der Waals surface area contributed by atoms with Gasteiger partial charge in [-0.05, 0) is 12.1 Å². The van der Waals surface area contributed by atoms with Crippen LogP contribution in [0.15, 0.2) is 12.1 Å². The Hall–Kier alpha value is -1.93. The number of rotatable bonds is 2. The number of carboxylic acid groups (broad SMARTS) is 1. The van der Waals surface area contributed by atoms with Gasteiger partial charge in [-0.1, -0.05) is 0 Å². The van der Waals surface area contributed by atoms with Crippen molar-refractivity contribution >= 4 is 5.97 Å². The summed E-state index contributed by atoms with van der Waals surface area (Å²) < 4.78 is 79.5. The molecule has 3 nitrogen and oxygen atoms in total. The minimum absolute atomic E-state index is 0.202. The van der Waals surface area contributed by atoms with Gasteiger partial charge < -0.3 is 9.84 Å². The normalized spacial score (nSPS) is 12.4. The Labute approximate surface area is 102 Å². The lowest BCUT2D eigenvalue weighted by atomic mass is 10.0. The maximum Gasteiger partial charge on any atom is 0.419 e. The molecule has 19 heavy (non-hydrogen) atoms. The molecule has 0 spiro atoms. The second kappa shape index (κ2) is 4.63. The topological polar surface area (TPSA) is 46.5 Å². The molecule has 0 fully saturated rings. The van der Waals surface area contributed by atoms with Crippen molar-refractivity contribution in [2.45, 2.75) is 12.4 Å². The molecule has 0 aliphatic carbocycles. The summed E-state index contributed by atoms with van der Waals surface area (Å²) in [6, 6.07) is -0.0731. The van der Waals surface area contributed by atoms with Gasteiger partial charge in [0.2, 0.25) is 0 Å². The predicted octanol–water partition coefficient (Wildman–Crippen LogP) is 3.43. The highest BCUT2D eigenvalue weighted by molar-refractivity contribution is 5.90. The largest absolute Gasteiger partial charge is 0.496 e. The van der Waals surface area contributed by atoms with Crippen LogP contribution in [0.4, 0.5) is 26.3 Å². The number of carbonyl (C=O) groups is 1. The zero-order chi connectivity index (χ0) is 15.0. The van der Waals surface area contributed by atoms with Gasteiger partial charge in [0.1, 0.15) is 5.75 Å². The van der Waals surface area contributed by atoms with Crippen molar-refractivity contribution in [3.8, 4) is 5.75 Å². The molecule has 0 unspecified atom stereocenters. The van der Waals surface area contributed by atoms with Gasteiger partial charge in [0.05, 0.1) is 23.8 Å². The van der Waals surface area contributed by atoms with Crippen molar-refractivity contribution in [2.75, 3.05) is 7.11 Å². The number of halogens is 6. The molecule has 106 valence electrons. The van der Waals surface area contributed by atoms with Crippen molar-refractivity contribution in [1.29, 1.82) is 0 Å². The molecule has 0 aliphatic heterocycles. The molecule has 1 aromatic rings. The van der Waals surface area contributed by atoms with Crippen LogP contribution >= 0.6 is 0 Å². The van der Waals surface area contributed by atoms with E-state index < -0.39 is 40.8 Å². The minimum Gasteiger partial charge on any atom is -0.496 e. The maximum atomic E-state index is 12.5. The lowest BCUT2D eigenvalue weighted by Gasteiger charge is -2.17. The summed E-state index contributed by atoms with van der Waals surface area (Å²) in [5.74, 6) is -2.99. The van der Waals surface area contributed by atoms with Crippen LogP contribution in [0.3, 0.4) is 0 Å². The molecule has 0 radical (unpaired) electrons. The number of benzene rings is 1. The van der Waals surface area contributed by atoms with E-state index >= 15 is 0 Å². The molecule has 0 aromatic heterocycles. The van der Waals surface area contributed by atoms with E-state index in [-0.39, 0.29) is 12.1 Å². The molecule has 0 amide bonds. The number of carboxylic acids is 1. The third-order valence-electron chi connectivity index (χ3n) is 2.18. The zero-order valence-corrected chi connectivity index (χ0v) is 9.19. The Morgan fingerprint density at radius 2 is 1.53 bits per heavy atom. The summed E-state index contributed by atoms with van der Waals surface area (Å²) in [6.45, 7) is 0. The Morgan fingerprint density at radius 1 is 1.05 bits per heavy atom. The molecular formula is C10H6F6O3. The Morgan fingerprint density at radius 3 is 1.84 bits per heavy atom. The third-order valence-corrected chi connectivity index (χ3v) is 2.18. The molecule has 1 rings (SSSR count). The molecule has 0 bridgehead atoms. The standard InChI is InChI=1S/C10H6F6O3/c1-19-7-2-4(8(17)18)5(9(11,12)13)3-6(7)10(14,15)16/h2-3H,1H3,(H,17,18). The molecule has 0 atom stereocenters. The van der Waals surface area contributed by atoms with Gasteiger partial charge in [-0.2, -0.15) is 26.3 Å². The molecule has 9 heteroatoms. The number of alkyl halides is 6. The highest BCUT2D eigenvalue weighted by Gasteiger charge is 2.41. The second-order valence-electron chi connectivity index (χ2n) is 3.40. The van der Waals surface area contributed by atoms with Crippen LogP contribution in [-0.4, -0.2) is 18.2 Å².